The van der Waals surface area contributed by atoms with E-state index in [0.29, 0.717) is 4.83 Å². The van der Waals surface area contributed by atoms with E-state index in [2.05, 4.69) is 52.6 Å². The molecule has 0 saturated heterocycles. The number of hydrogen-bond donors (Lipinski definition) is 0. The predicted octanol–water partition coefficient (Wildman–Crippen LogP) is 3.02. The molecule has 0 N–H and O–H groups in total. The van der Waals surface area contributed by atoms with E-state index >= 15 is 0 Å². The summed E-state index contributed by atoms with van der Waals surface area (Å²) in [7, 11) is 0. The fourth-order valence-electron chi connectivity index (χ4n) is 1.53. The van der Waals surface area contributed by atoms with Gasteiger partial charge in [0.05, 0.1) is 31.0 Å². The van der Waals surface area contributed by atoms with Gasteiger partial charge >= 0.3 is 0 Å². The van der Waals surface area contributed by atoms with E-state index in [4.69, 9.17) is 0 Å². The van der Waals surface area contributed by atoms with Crippen LogP contribution in [0.4, 0.5) is 0 Å². The predicted molar refractivity (Wildman–Crippen MR) is 63.3 cm³/mol. The van der Waals surface area contributed by atoms with Crippen LogP contribution >= 0.6 is 31.9 Å². The summed E-state index contributed by atoms with van der Waals surface area (Å²) < 4.78 is 1.22. The molecule has 0 aliphatic carbocycles. The molecular formula is C9H20Br2N+. The molecule has 0 aromatic heterocycles. The Labute approximate surface area is 93.4 Å². The van der Waals surface area contributed by atoms with E-state index in [0.717, 1.165) is 5.33 Å². The molecule has 0 amide bonds. The fraction of sp³-hybridized carbons (Fsp3) is 1.00. The third-order valence-corrected chi connectivity index (χ3v) is 5.03. The quantitative estimate of drug-likeness (QED) is 0.522. The van der Waals surface area contributed by atoms with Crippen molar-refractivity contribution in [3.63, 3.8) is 0 Å². The van der Waals surface area contributed by atoms with Crippen molar-refractivity contribution in [1.29, 1.82) is 0 Å². The van der Waals surface area contributed by atoms with Crippen LogP contribution in [-0.2, 0) is 0 Å². The van der Waals surface area contributed by atoms with Crippen molar-refractivity contribution >= 4 is 31.9 Å². The van der Waals surface area contributed by atoms with Crippen molar-refractivity contribution in [3.8, 4) is 0 Å². The first-order valence-corrected chi connectivity index (χ1v) is 6.73. The molecule has 12 heavy (non-hydrogen) atoms. The van der Waals surface area contributed by atoms with Crippen molar-refractivity contribution in [2.45, 2.75) is 25.6 Å². The molecule has 0 radical (unpaired) electrons. The zero-order valence-electron chi connectivity index (χ0n) is 8.32. The highest BCUT2D eigenvalue weighted by Crippen LogP contribution is 2.13. The van der Waals surface area contributed by atoms with Gasteiger partial charge in [0, 0.05) is 5.33 Å². The Morgan fingerprint density at radius 3 is 1.75 bits per heavy atom. The minimum absolute atomic E-state index is 0.609. The van der Waals surface area contributed by atoms with Crippen LogP contribution in [0.2, 0.25) is 0 Å². The van der Waals surface area contributed by atoms with Gasteiger partial charge in [0.15, 0.2) is 0 Å². The topological polar surface area (TPSA) is 0 Å². The Morgan fingerprint density at radius 2 is 1.50 bits per heavy atom. The fourth-order valence-corrected chi connectivity index (χ4v) is 2.35. The molecule has 0 spiro atoms. The number of hydrogen-bond acceptors (Lipinski definition) is 0. The Bertz CT molecular complexity index is 105. The van der Waals surface area contributed by atoms with E-state index in [-0.39, 0.29) is 0 Å². The van der Waals surface area contributed by atoms with E-state index in [1.807, 2.05) is 0 Å². The summed E-state index contributed by atoms with van der Waals surface area (Å²) in [4.78, 5) is 0.609. The molecule has 0 aromatic carbocycles. The van der Waals surface area contributed by atoms with Crippen LogP contribution in [0.3, 0.4) is 0 Å². The Balaban J connectivity index is 4.09. The Morgan fingerprint density at radius 1 is 1.08 bits per heavy atom. The highest BCUT2D eigenvalue weighted by atomic mass is 79.9. The second-order valence-corrected chi connectivity index (χ2v) is 5.17. The van der Waals surface area contributed by atoms with E-state index in [1.54, 1.807) is 0 Å². The monoisotopic (exact) mass is 300 g/mol. The molecule has 0 bridgehead atoms. The first-order chi connectivity index (χ1) is 5.64. The molecule has 1 nitrogen and oxygen atoms in total. The maximum atomic E-state index is 3.67. The minimum atomic E-state index is 0.609. The second-order valence-electron chi connectivity index (χ2n) is 3.22. The lowest BCUT2D eigenvalue weighted by atomic mass is 10.3. The molecule has 0 heterocycles. The number of alkyl halides is 2. The lowest BCUT2D eigenvalue weighted by molar-refractivity contribution is -0.922. The zero-order valence-corrected chi connectivity index (χ0v) is 11.5. The van der Waals surface area contributed by atoms with Crippen LogP contribution in [0.15, 0.2) is 0 Å². The van der Waals surface area contributed by atoms with Crippen LogP contribution < -0.4 is 0 Å². The lowest BCUT2D eigenvalue weighted by Gasteiger charge is -2.37. The Kier molecular flexibility index (Phi) is 6.87. The van der Waals surface area contributed by atoms with Gasteiger partial charge in [0.25, 0.3) is 0 Å². The molecule has 1 unspecified atom stereocenters. The van der Waals surface area contributed by atoms with Crippen molar-refractivity contribution in [3.05, 3.63) is 0 Å². The van der Waals surface area contributed by atoms with Crippen molar-refractivity contribution < 1.29 is 4.48 Å². The van der Waals surface area contributed by atoms with Crippen LogP contribution in [0.25, 0.3) is 0 Å². The highest BCUT2D eigenvalue weighted by molar-refractivity contribution is 9.12. The molecular weight excluding hydrogens is 282 g/mol. The SMILES string of the molecule is CC[N+](CC)(CC)CC(Br)CBr. The molecule has 0 aliphatic rings. The second kappa shape index (κ2) is 6.39. The zero-order chi connectivity index (χ0) is 9.61. The molecule has 1 atom stereocenters. The van der Waals surface area contributed by atoms with Gasteiger partial charge in [-0.15, -0.1) is 0 Å². The number of nitrogens with zero attached hydrogens (tertiary/aromatic N) is 1. The van der Waals surface area contributed by atoms with E-state index in [1.165, 1.54) is 30.7 Å². The third-order valence-electron chi connectivity index (χ3n) is 2.77. The van der Waals surface area contributed by atoms with Gasteiger partial charge < -0.3 is 4.48 Å². The van der Waals surface area contributed by atoms with Gasteiger partial charge in [-0.2, -0.15) is 0 Å². The molecule has 0 saturated carbocycles. The standard InChI is InChI=1S/C9H20Br2N/c1-4-12(5-2,6-3)8-9(11)7-10/h9H,4-8H2,1-3H3/q+1. The van der Waals surface area contributed by atoms with Crippen molar-refractivity contribution in [2.24, 2.45) is 0 Å². The Hall–Kier alpha value is 0.920. The van der Waals surface area contributed by atoms with Gasteiger partial charge in [0.2, 0.25) is 0 Å². The maximum absolute atomic E-state index is 3.67. The van der Waals surface area contributed by atoms with Gasteiger partial charge in [-0.05, 0) is 20.8 Å². The molecule has 0 fully saturated rings. The lowest BCUT2D eigenvalue weighted by Crippen LogP contribution is -2.51. The smallest absolute Gasteiger partial charge is 0.0921 e. The van der Waals surface area contributed by atoms with E-state index < -0.39 is 0 Å². The third kappa shape index (κ3) is 3.75. The average molecular weight is 302 g/mol. The summed E-state index contributed by atoms with van der Waals surface area (Å²) in [6.45, 7) is 11.8. The van der Waals surface area contributed by atoms with E-state index in [9.17, 15) is 0 Å². The number of quaternary nitrogens is 1. The summed E-state index contributed by atoms with van der Waals surface area (Å²) in [5.74, 6) is 0. The number of halogens is 2. The minimum Gasteiger partial charge on any atom is -0.323 e. The summed E-state index contributed by atoms with van der Waals surface area (Å²) in [6.07, 6.45) is 0. The van der Waals surface area contributed by atoms with Gasteiger partial charge in [-0.25, -0.2) is 0 Å². The van der Waals surface area contributed by atoms with Gasteiger partial charge in [0.1, 0.15) is 0 Å². The molecule has 0 rings (SSSR count). The first kappa shape index (κ1) is 12.9. The summed E-state index contributed by atoms with van der Waals surface area (Å²) in [5.41, 5.74) is 0. The molecule has 3 heteroatoms. The van der Waals surface area contributed by atoms with Crippen LogP contribution in [0.1, 0.15) is 20.8 Å². The van der Waals surface area contributed by atoms with Crippen molar-refractivity contribution in [2.75, 3.05) is 31.5 Å². The normalized spacial score (nSPS) is 14.8. The van der Waals surface area contributed by atoms with Crippen molar-refractivity contribution in [1.82, 2.24) is 0 Å². The first-order valence-electron chi connectivity index (χ1n) is 4.69. The maximum Gasteiger partial charge on any atom is 0.0921 e. The summed E-state index contributed by atoms with van der Waals surface area (Å²) in [5, 5.41) is 1.05. The number of rotatable bonds is 6. The largest absolute Gasteiger partial charge is 0.323 e. The molecule has 0 aliphatic heterocycles. The molecule has 0 aromatic rings. The highest BCUT2D eigenvalue weighted by Gasteiger charge is 2.23. The summed E-state index contributed by atoms with van der Waals surface area (Å²) >= 11 is 7.17. The van der Waals surface area contributed by atoms with Crippen LogP contribution in [-0.4, -0.2) is 40.8 Å². The van der Waals surface area contributed by atoms with Crippen LogP contribution in [0, 0.1) is 0 Å². The summed E-state index contributed by atoms with van der Waals surface area (Å²) in [6, 6.07) is 0. The van der Waals surface area contributed by atoms with Gasteiger partial charge in [-0.1, -0.05) is 31.9 Å². The van der Waals surface area contributed by atoms with Gasteiger partial charge in [-0.3, -0.25) is 0 Å². The average Bonchev–Trinajstić information content (AvgIpc) is 2.14. The molecule has 74 valence electrons. The van der Waals surface area contributed by atoms with Crippen LogP contribution in [0.5, 0.6) is 0 Å².